The highest BCUT2D eigenvalue weighted by Crippen LogP contribution is 2.37. The first-order valence-electron chi connectivity index (χ1n) is 10.2. The second-order valence-corrected chi connectivity index (χ2v) is 8.95. The lowest BCUT2D eigenvalue weighted by molar-refractivity contribution is 0.0730. The van der Waals surface area contributed by atoms with E-state index in [-0.39, 0.29) is 10.8 Å². The quantitative estimate of drug-likeness (QED) is 0.118. The molecule has 35 heavy (non-hydrogen) atoms. The predicted molar refractivity (Wildman–Crippen MR) is 141 cm³/mol. The van der Waals surface area contributed by atoms with E-state index in [9.17, 15) is 9.59 Å². The molecule has 0 unspecified atom stereocenters. The standard InChI is InChI=1S/C26H17BrCl2N2O4/c1-34-23-12-15(14-30-31-25(32)17-9-10-21(28)22(29)13-17)11-20(27)24(23)35-26(33)19-8-4-6-16-5-2-3-7-18(16)19/h2-14H,1H3,(H,31,32)/b30-14-. The molecule has 9 heteroatoms. The minimum Gasteiger partial charge on any atom is -0.493 e. The van der Waals surface area contributed by atoms with Gasteiger partial charge in [0.1, 0.15) is 0 Å². The fourth-order valence-electron chi connectivity index (χ4n) is 3.33. The van der Waals surface area contributed by atoms with E-state index in [1.807, 2.05) is 30.3 Å². The van der Waals surface area contributed by atoms with Crippen LogP contribution in [0.3, 0.4) is 0 Å². The van der Waals surface area contributed by atoms with Gasteiger partial charge in [-0.1, -0.05) is 59.6 Å². The summed E-state index contributed by atoms with van der Waals surface area (Å²) in [5, 5.41) is 6.32. The number of nitrogens with one attached hydrogen (secondary N) is 1. The lowest BCUT2D eigenvalue weighted by atomic mass is 10.0. The summed E-state index contributed by atoms with van der Waals surface area (Å²) in [6, 6.07) is 20.8. The lowest BCUT2D eigenvalue weighted by Crippen LogP contribution is -2.17. The molecule has 1 amide bonds. The van der Waals surface area contributed by atoms with Crippen molar-refractivity contribution in [3.63, 3.8) is 0 Å². The molecular formula is C26H17BrCl2N2O4. The number of benzene rings is 4. The average Bonchev–Trinajstić information content (AvgIpc) is 2.86. The number of hydrazone groups is 1. The third-order valence-corrected chi connectivity index (χ3v) is 6.35. The normalized spacial score (nSPS) is 11.0. The van der Waals surface area contributed by atoms with Crippen LogP contribution in [0.5, 0.6) is 11.5 Å². The van der Waals surface area contributed by atoms with Gasteiger partial charge in [0.25, 0.3) is 5.91 Å². The van der Waals surface area contributed by atoms with Gasteiger partial charge in [-0.2, -0.15) is 5.10 Å². The molecule has 0 saturated heterocycles. The zero-order valence-electron chi connectivity index (χ0n) is 18.2. The Balaban J connectivity index is 1.52. The summed E-state index contributed by atoms with van der Waals surface area (Å²) in [6.07, 6.45) is 1.43. The number of amides is 1. The summed E-state index contributed by atoms with van der Waals surface area (Å²) < 4.78 is 11.6. The number of hydrogen-bond acceptors (Lipinski definition) is 5. The molecule has 0 bridgehead atoms. The van der Waals surface area contributed by atoms with Crippen LogP contribution < -0.4 is 14.9 Å². The highest BCUT2D eigenvalue weighted by Gasteiger charge is 2.18. The third kappa shape index (κ3) is 5.65. The van der Waals surface area contributed by atoms with Crippen molar-refractivity contribution >= 4 is 68.0 Å². The Morgan fingerprint density at radius 2 is 1.74 bits per heavy atom. The molecule has 4 aromatic carbocycles. The Morgan fingerprint density at radius 1 is 0.971 bits per heavy atom. The van der Waals surface area contributed by atoms with Crippen molar-refractivity contribution in [2.75, 3.05) is 7.11 Å². The van der Waals surface area contributed by atoms with Gasteiger partial charge in [0.05, 0.1) is 33.4 Å². The molecule has 0 saturated carbocycles. The van der Waals surface area contributed by atoms with Gasteiger partial charge in [0.2, 0.25) is 0 Å². The van der Waals surface area contributed by atoms with Crippen LogP contribution in [0.1, 0.15) is 26.3 Å². The second-order valence-electron chi connectivity index (χ2n) is 7.28. The molecule has 0 radical (unpaired) electrons. The fourth-order valence-corrected chi connectivity index (χ4v) is 4.17. The van der Waals surface area contributed by atoms with Gasteiger partial charge in [0.15, 0.2) is 11.5 Å². The van der Waals surface area contributed by atoms with Gasteiger partial charge in [0, 0.05) is 5.56 Å². The highest BCUT2D eigenvalue weighted by molar-refractivity contribution is 9.10. The van der Waals surface area contributed by atoms with Crippen LogP contribution in [0.15, 0.2) is 82.4 Å². The topological polar surface area (TPSA) is 77.0 Å². The Labute approximate surface area is 219 Å². The number of carbonyl (C=O) groups is 2. The minimum atomic E-state index is -0.517. The van der Waals surface area contributed by atoms with Crippen LogP contribution in [0.25, 0.3) is 10.8 Å². The van der Waals surface area contributed by atoms with Gasteiger partial charge in [-0.15, -0.1) is 0 Å². The van der Waals surface area contributed by atoms with Gasteiger partial charge in [-0.3, -0.25) is 4.79 Å². The number of rotatable bonds is 6. The first kappa shape index (κ1) is 24.7. The van der Waals surface area contributed by atoms with Crippen molar-refractivity contribution in [3.05, 3.63) is 104 Å². The molecular weight excluding hydrogens is 555 g/mol. The summed E-state index contributed by atoms with van der Waals surface area (Å²) in [5.41, 5.74) is 3.76. The predicted octanol–water partition coefficient (Wildman–Crippen LogP) is 6.90. The molecule has 0 spiro atoms. The average molecular weight is 572 g/mol. The van der Waals surface area contributed by atoms with E-state index >= 15 is 0 Å². The Kier molecular flexibility index (Phi) is 7.70. The maximum absolute atomic E-state index is 13.0. The largest absolute Gasteiger partial charge is 0.493 e. The van der Waals surface area contributed by atoms with Gasteiger partial charge < -0.3 is 9.47 Å². The van der Waals surface area contributed by atoms with Crippen LogP contribution >= 0.6 is 39.1 Å². The van der Waals surface area contributed by atoms with E-state index in [1.165, 1.54) is 31.5 Å². The lowest BCUT2D eigenvalue weighted by Gasteiger charge is -2.13. The van der Waals surface area contributed by atoms with Crippen molar-refractivity contribution in [1.29, 1.82) is 0 Å². The zero-order chi connectivity index (χ0) is 24.9. The number of ether oxygens (including phenoxy) is 2. The van der Waals surface area contributed by atoms with E-state index < -0.39 is 11.9 Å². The maximum atomic E-state index is 13.0. The van der Waals surface area contributed by atoms with Crippen molar-refractivity contribution in [2.45, 2.75) is 0 Å². The van der Waals surface area contributed by atoms with Crippen LogP contribution in [-0.2, 0) is 0 Å². The molecule has 0 aromatic heterocycles. The van der Waals surface area contributed by atoms with Crippen molar-refractivity contribution in [2.24, 2.45) is 5.10 Å². The zero-order valence-corrected chi connectivity index (χ0v) is 21.3. The number of halogens is 3. The Bertz CT molecular complexity index is 1470. The summed E-state index contributed by atoms with van der Waals surface area (Å²) in [6.45, 7) is 0. The molecule has 0 aliphatic carbocycles. The molecule has 0 atom stereocenters. The first-order chi connectivity index (χ1) is 16.9. The smallest absolute Gasteiger partial charge is 0.344 e. The summed E-state index contributed by atoms with van der Waals surface area (Å²) in [5.74, 6) is -0.435. The Morgan fingerprint density at radius 3 is 2.51 bits per heavy atom. The van der Waals surface area contributed by atoms with E-state index in [1.54, 1.807) is 24.3 Å². The van der Waals surface area contributed by atoms with Crippen LogP contribution in [0.4, 0.5) is 0 Å². The molecule has 0 heterocycles. The van der Waals surface area contributed by atoms with Crippen molar-refractivity contribution in [3.8, 4) is 11.5 Å². The highest BCUT2D eigenvalue weighted by atomic mass is 79.9. The van der Waals surface area contributed by atoms with E-state index in [0.717, 1.165) is 10.8 Å². The number of carbonyl (C=O) groups excluding carboxylic acids is 2. The number of nitrogens with zero attached hydrogens (tertiary/aromatic N) is 1. The molecule has 0 aliphatic rings. The monoisotopic (exact) mass is 570 g/mol. The summed E-state index contributed by atoms with van der Waals surface area (Å²) in [4.78, 5) is 25.2. The first-order valence-corrected chi connectivity index (χ1v) is 11.8. The van der Waals surface area contributed by atoms with Crippen LogP contribution in [-0.4, -0.2) is 25.2 Å². The summed E-state index contributed by atoms with van der Waals surface area (Å²) >= 11 is 15.3. The minimum absolute atomic E-state index is 0.224. The number of esters is 1. The number of hydrogen-bond donors (Lipinski definition) is 1. The molecule has 0 fully saturated rings. The van der Waals surface area contributed by atoms with Gasteiger partial charge in [-0.25, -0.2) is 10.2 Å². The van der Waals surface area contributed by atoms with Crippen LogP contribution in [0.2, 0.25) is 10.0 Å². The number of fused-ring (bicyclic) bond motifs is 1. The van der Waals surface area contributed by atoms with Crippen molar-refractivity contribution in [1.82, 2.24) is 5.43 Å². The fraction of sp³-hybridized carbons (Fsp3) is 0.0385. The summed E-state index contributed by atoms with van der Waals surface area (Å²) in [7, 11) is 1.46. The molecule has 4 rings (SSSR count). The van der Waals surface area contributed by atoms with Crippen molar-refractivity contribution < 1.29 is 19.1 Å². The van der Waals surface area contributed by atoms with Gasteiger partial charge >= 0.3 is 5.97 Å². The van der Waals surface area contributed by atoms with E-state index in [4.69, 9.17) is 32.7 Å². The van der Waals surface area contributed by atoms with Gasteiger partial charge in [-0.05, 0) is 68.7 Å². The van der Waals surface area contributed by atoms with E-state index in [2.05, 4.69) is 26.5 Å². The molecule has 0 aliphatic heterocycles. The maximum Gasteiger partial charge on any atom is 0.344 e. The molecule has 4 aromatic rings. The third-order valence-electron chi connectivity index (χ3n) is 5.02. The van der Waals surface area contributed by atoms with Crippen LogP contribution in [0, 0.1) is 0 Å². The molecule has 176 valence electrons. The second kappa shape index (κ2) is 10.9. The molecule has 1 N–H and O–H groups in total. The Hall–Kier alpha value is -3.39. The van der Waals surface area contributed by atoms with E-state index in [0.29, 0.717) is 31.9 Å². The SMILES string of the molecule is COc1cc(/C=N\NC(=O)c2ccc(Cl)c(Cl)c2)cc(Br)c1OC(=O)c1cccc2ccccc12. The molecule has 6 nitrogen and oxygen atoms in total. The number of methoxy groups -OCH3 is 1.